The number of ether oxygens (including phenoxy) is 1. The zero-order chi connectivity index (χ0) is 17.1. The number of pyridine rings is 1. The summed E-state index contributed by atoms with van der Waals surface area (Å²) in [5, 5.41) is 12.9. The molecule has 3 aromatic rings. The maximum Gasteiger partial charge on any atom is 0.354 e. The molecule has 1 amide bonds. The van der Waals surface area contributed by atoms with Crippen molar-refractivity contribution in [2.75, 3.05) is 11.9 Å². The van der Waals surface area contributed by atoms with E-state index in [1.165, 1.54) is 12.3 Å². The number of nitrogens with one attached hydrogen (secondary N) is 2. The number of H-pyrrole nitrogens is 1. The molecular formula is C17H15N3O4. The van der Waals surface area contributed by atoms with Crippen molar-refractivity contribution in [2.24, 2.45) is 0 Å². The Morgan fingerprint density at radius 2 is 2.12 bits per heavy atom. The second-order valence-electron chi connectivity index (χ2n) is 5.03. The molecule has 0 saturated heterocycles. The summed E-state index contributed by atoms with van der Waals surface area (Å²) in [7, 11) is 0. The average Bonchev–Trinajstić information content (AvgIpc) is 3.00. The Bertz CT molecular complexity index is 917. The van der Waals surface area contributed by atoms with Crippen LogP contribution in [0.15, 0.2) is 42.6 Å². The standard InChI is InChI=1S/C17H15N3O4/c1-2-24-17(23)13-9-11-8-10(5-6-12(11)19-13)16(22)20-15-14(21)4-3-7-18-15/h3-9,19,21H,2H2,1H3,(H,18,20,22). The monoisotopic (exact) mass is 325 g/mol. The number of aromatic nitrogens is 2. The lowest BCUT2D eigenvalue weighted by atomic mass is 10.1. The fraction of sp³-hybridized carbons (Fsp3) is 0.118. The van der Waals surface area contributed by atoms with Crippen molar-refractivity contribution >= 4 is 28.6 Å². The van der Waals surface area contributed by atoms with Crippen LogP contribution in [0.3, 0.4) is 0 Å². The number of carbonyl (C=O) groups excluding carboxylic acids is 2. The largest absolute Gasteiger partial charge is 0.504 e. The molecule has 0 aliphatic heterocycles. The fourth-order valence-electron chi connectivity index (χ4n) is 2.27. The molecule has 0 spiro atoms. The highest BCUT2D eigenvalue weighted by atomic mass is 16.5. The van der Waals surface area contributed by atoms with Gasteiger partial charge >= 0.3 is 5.97 Å². The van der Waals surface area contributed by atoms with E-state index in [1.807, 2.05) is 0 Å². The number of amides is 1. The molecular weight excluding hydrogens is 310 g/mol. The molecule has 2 aromatic heterocycles. The molecule has 0 atom stereocenters. The van der Waals surface area contributed by atoms with E-state index in [0.717, 1.165) is 5.52 Å². The molecule has 0 saturated carbocycles. The number of aromatic amines is 1. The lowest BCUT2D eigenvalue weighted by Crippen LogP contribution is -2.12. The molecule has 0 radical (unpaired) electrons. The van der Waals surface area contributed by atoms with E-state index in [9.17, 15) is 14.7 Å². The van der Waals surface area contributed by atoms with Crippen LogP contribution >= 0.6 is 0 Å². The van der Waals surface area contributed by atoms with Crippen LogP contribution < -0.4 is 5.32 Å². The van der Waals surface area contributed by atoms with Crippen LogP contribution in [0.4, 0.5) is 5.82 Å². The number of carbonyl (C=O) groups is 2. The SMILES string of the molecule is CCOC(=O)c1cc2cc(C(=O)Nc3ncccc3O)ccc2[nH]1. The summed E-state index contributed by atoms with van der Waals surface area (Å²) in [4.78, 5) is 30.9. The number of hydrogen-bond acceptors (Lipinski definition) is 5. The van der Waals surface area contributed by atoms with E-state index < -0.39 is 11.9 Å². The second kappa shape index (κ2) is 6.41. The summed E-state index contributed by atoms with van der Waals surface area (Å²) in [6, 6.07) is 9.58. The molecule has 3 N–H and O–H groups in total. The number of esters is 1. The van der Waals surface area contributed by atoms with Crippen molar-refractivity contribution < 1.29 is 19.4 Å². The first kappa shape index (κ1) is 15.5. The highest BCUT2D eigenvalue weighted by molar-refractivity contribution is 6.07. The van der Waals surface area contributed by atoms with Crippen molar-refractivity contribution in [3.8, 4) is 5.75 Å². The first-order valence-corrected chi connectivity index (χ1v) is 7.33. The minimum absolute atomic E-state index is 0.0869. The van der Waals surface area contributed by atoms with Gasteiger partial charge in [0.25, 0.3) is 5.91 Å². The molecule has 2 heterocycles. The lowest BCUT2D eigenvalue weighted by molar-refractivity contribution is 0.0520. The molecule has 7 nitrogen and oxygen atoms in total. The molecule has 122 valence electrons. The zero-order valence-electron chi connectivity index (χ0n) is 12.9. The fourth-order valence-corrected chi connectivity index (χ4v) is 2.27. The topological polar surface area (TPSA) is 104 Å². The van der Waals surface area contributed by atoms with Crippen LogP contribution in [-0.4, -0.2) is 33.6 Å². The van der Waals surface area contributed by atoms with Gasteiger partial charge in [0, 0.05) is 22.7 Å². The van der Waals surface area contributed by atoms with Crippen molar-refractivity contribution in [3.05, 3.63) is 53.9 Å². The number of fused-ring (bicyclic) bond motifs is 1. The first-order chi connectivity index (χ1) is 11.6. The normalized spacial score (nSPS) is 10.5. The van der Waals surface area contributed by atoms with Crippen molar-refractivity contribution in [1.82, 2.24) is 9.97 Å². The van der Waals surface area contributed by atoms with Crippen LogP contribution in [0.5, 0.6) is 5.75 Å². The molecule has 0 fully saturated rings. The van der Waals surface area contributed by atoms with Gasteiger partial charge in [0.15, 0.2) is 11.6 Å². The smallest absolute Gasteiger partial charge is 0.354 e. The maximum absolute atomic E-state index is 12.3. The molecule has 7 heteroatoms. The number of nitrogens with zero attached hydrogens (tertiary/aromatic N) is 1. The van der Waals surface area contributed by atoms with Gasteiger partial charge in [-0.3, -0.25) is 4.79 Å². The quantitative estimate of drug-likeness (QED) is 0.640. The molecule has 0 unspecified atom stereocenters. The summed E-state index contributed by atoms with van der Waals surface area (Å²) in [5.41, 5.74) is 1.42. The van der Waals surface area contributed by atoms with E-state index in [2.05, 4.69) is 15.3 Å². The van der Waals surface area contributed by atoms with Gasteiger partial charge in [0.2, 0.25) is 0 Å². The van der Waals surface area contributed by atoms with Gasteiger partial charge < -0.3 is 20.1 Å². The average molecular weight is 325 g/mol. The number of rotatable bonds is 4. The molecule has 0 aliphatic rings. The molecule has 0 aliphatic carbocycles. The van der Waals surface area contributed by atoms with Crippen LogP contribution in [0.2, 0.25) is 0 Å². The van der Waals surface area contributed by atoms with E-state index >= 15 is 0 Å². The van der Waals surface area contributed by atoms with Gasteiger partial charge in [-0.1, -0.05) is 0 Å². The Balaban J connectivity index is 1.86. The van der Waals surface area contributed by atoms with Crippen molar-refractivity contribution in [3.63, 3.8) is 0 Å². The number of aromatic hydroxyl groups is 1. The predicted molar refractivity (Wildman–Crippen MR) is 88.1 cm³/mol. The van der Waals surface area contributed by atoms with E-state index in [1.54, 1.807) is 37.3 Å². The summed E-state index contributed by atoms with van der Waals surface area (Å²) >= 11 is 0. The first-order valence-electron chi connectivity index (χ1n) is 7.33. The third kappa shape index (κ3) is 3.05. The van der Waals surface area contributed by atoms with Gasteiger partial charge in [-0.15, -0.1) is 0 Å². The Hall–Kier alpha value is -3.35. The summed E-state index contributed by atoms with van der Waals surface area (Å²) < 4.78 is 4.94. The van der Waals surface area contributed by atoms with Gasteiger partial charge in [-0.25, -0.2) is 9.78 Å². The summed E-state index contributed by atoms with van der Waals surface area (Å²) in [5.74, 6) is -0.884. The van der Waals surface area contributed by atoms with Crippen LogP contribution in [0.25, 0.3) is 10.9 Å². The van der Waals surface area contributed by atoms with E-state index in [-0.39, 0.29) is 18.2 Å². The summed E-state index contributed by atoms with van der Waals surface area (Å²) in [6.07, 6.45) is 1.47. The van der Waals surface area contributed by atoms with Crippen molar-refractivity contribution in [2.45, 2.75) is 6.92 Å². The van der Waals surface area contributed by atoms with Gasteiger partial charge in [-0.2, -0.15) is 0 Å². The second-order valence-corrected chi connectivity index (χ2v) is 5.03. The predicted octanol–water partition coefficient (Wildman–Crippen LogP) is 2.70. The minimum Gasteiger partial charge on any atom is -0.504 e. The number of hydrogen-bond donors (Lipinski definition) is 3. The maximum atomic E-state index is 12.3. The van der Waals surface area contributed by atoms with Crippen molar-refractivity contribution in [1.29, 1.82) is 0 Å². The van der Waals surface area contributed by atoms with Gasteiger partial charge in [0.1, 0.15) is 5.69 Å². The van der Waals surface area contributed by atoms with Gasteiger partial charge in [0.05, 0.1) is 6.61 Å². The number of benzene rings is 1. The van der Waals surface area contributed by atoms with Crippen LogP contribution in [0, 0.1) is 0 Å². The molecule has 1 aromatic carbocycles. The van der Waals surface area contributed by atoms with Gasteiger partial charge in [-0.05, 0) is 43.3 Å². The third-order valence-electron chi connectivity index (χ3n) is 3.40. The number of anilines is 1. The Labute approximate surface area is 137 Å². The zero-order valence-corrected chi connectivity index (χ0v) is 12.9. The van der Waals surface area contributed by atoms with E-state index in [4.69, 9.17) is 4.74 Å². The Morgan fingerprint density at radius 3 is 2.88 bits per heavy atom. The molecule has 3 rings (SSSR count). The highest BCUT2D eigenvalue weighted by Gasteiger charge is 2.13. The van der Waals surface area contributed by atoms with Crippen LogP contribution in [0.1, 0.15) is 27.8 Å². The highest BCUT2D eigenvalue weighted by Crippen LogP contribution is 2.21. The third-order valence-corrected chi connectivity index (χ3v) is 3.40. The Kier molecular flexibility index (Phi) is 4.15. The van der Waals surface area contributed by atoms with E-state index in [0.29, 0.717) is 16.6 Å². The lowest BCUT2D eigenvalue weighted by Gasteiger charge is -2.05. The molecule has 0 bridgehead atoms. The Morgan fingerprint density at radius 1 is 1.29 bits per heavy atom. The van der Waals surface area contributed by atoms with Crippen LogP contribution in [-0.2, 0) is 4.74 Å². The minimum atomic E-state index is -0.446. The summed E-state index contributed by atoms with van der Waals surface area (Å²) in [6.45, 7) is 2.02. The molecule has 24 heavy (non-hydrogen) atoms.